The number of aliphatic hydroxyl groups is 1. The summed E-state index contributed by atoms with van der Waals surface area (Å²) in [4.78, 5) is 11.3. The molecule has 0 spiro atoms. The first-order valence-electron chi connectivity index (χ1n) is 5.43. The highest BCUT2D eigenvalue weighted by atomic mass is 16.5. The number of carbonyl (C=O) groups excluding carboxylic acids is 1. The number of aliphatic hydroxyl groups excluding tert-OH is 1. The number of carbonyl (C=O) groups is 1. The summed E-state index contributed by atoms with van der Waals surface area (Å²) >= 11 is 0. The lowest BCUT2D eigenvalue weighted by Crippen LogP contribution is -2.31. The van der Waals surface area contributed by atoms with Crippen LogP contribution in [-0.2, 0) is 4.79 Å². The lowest BCUT2D eigenvalue weighted by atomic mass is 10.3. The molecule has 1 amide bonds. The van der Waals surface area contributed by atoms with E-state index < -0.39 is 0 Å². The summed E-state index contributed by atoms with van der Waals surface area (Å²) in [6, 6.07) is 5.02. The van der Waals surface area contributed by atoms with Gasteiger partial charge in [0.25, 0.3) is 5.91 Å². The van der Waals surface area contributed by atoms with Crippen molar-refractivity contribution in [2.24, 2.45) is 0 Å². The van der Waals surface area contributed by atoms with Crippen LogP contribution in [0.25, 0.3) is 0 Å². The first kappa shape index (κ1) is 14.1. The van der Waals surface area contributed by atoms with E-state index in [4.69, 9.17) is 19.3 Å². The van der Waals surface area contributed by atoms with Crippen molar-refractivity contribution in [3.05, 3.63) is 18.2 Å². The minimum atomic E-state index is -0.300. The van der Waals surface area contributed by atoms with E-state index in [1.807, 2.05) is 0 Å². The van der Waals surface area contributed by atoms with Crippen LogP contribution >= 0.6 is 0 Å². The maximum Gasteiger partial charge on any atom is 0.258 e. The number of methoxy groups -OCH3 is 2. The van der Waals surface area contributed by atoms with E-state index in [1.54, 1.807) is 18.2 Å². The largest absolute Gasteiger partial charge is 0.496 e. The highest BCUT2D eigenvalue weighted by molar-refractivity contribution is 5.77. The van der Waals surface area contributed by atoms with Gasteiger partial charge in [-0.15, -0.1) is 0 Å². The monoisotopic (exact) mass is 255 g/mol. The van der Waals surface area contributed by atoms with Crippen LogP contribution in [0.5, 0.6) is 17.2 Å². The predicted octanol–water partition coefficient (Wildman–Crippen LogP) is 0.191. The molecule has 0 unspecified atom stereocenters. The highest BCUT2D eigenvalue weighted by Gasteiger charge is 2.05. The van der Waals surface area contributed by atoms with Crippen molar-refractivity contribution in [2.75, 3.05) is 34.0 Å². The van der Waals surface area contributed by atoms with Crippen LogP contribution in [0.3, 0.4) is 0 Å². The van der Waals surface area contributed by atoms with Crippen molar-refractivity contribution in [1.29, 1.82) is 0 Å². The third-order valence-electron chi connectivity index (χ3n) is 2.13. The topological polar surface area (TPSA) is 77.0 Å². The van der Waals surface area contributed by atoms with Crippen LogP contribution in [0.4, 0.5) is 0 Å². The molecule has 18 heavy (non-hydrogen) atoms. The zero-order chi connectivity index (χ0) is 13.4. The standard InChI is InChI=1S/C12H17NO5/c1-16-9-5-10(17-2)7-11(6-9)18-8-12(15)13-3-4-14/h5-7,14H,3-4,8H2,1-2H3,(H,13,15). The quantitative estimate of drug-likeness (QED) is 0.727. The molecule has 0 heterocycles. The molecule has 100 valence electrons. The van der Waals surface area contributed by atoms with Crippen LogP contribution < -0.4 is 19.5 Å². The summed E-state index contributed by atoms with van der Waals surface area (Å²) in [5, 5.41) is 11.0. The third-order valence-corrected chi connectivity index (χ3v) is 2.13. The Morgan fingerprint density at radius 3 is 2.22 bits per heavy atom. The number of ether oxygens (including phenoxy) is 3. The van der Waals surface area contributed by atoms with Gasteiger partial charge in [0.05, 0.1) is 20.8 Å². The molecule has 0 saturated heterocycles. The summed E-state index contributed by atoms with van der Waals surface area (Å²) in [7, 11) is 3.07. The second kappa shape index (κ2) is 7.39. The fourth-order valence-electron chi connectivity index (χ4n) is 1.26. The van der Waals surface area contributed by atoms with Crippen LogP contribution in [0.2, 0.25) is 0 Å². The number of benzene rings is 1. The Morgan fingerprint density at radius 1 is 1.17 bits per heavy atom. The number of rotatable bonds is 7. The average Bonchev–Trinajstić information content (AvgIpc) is 2.42. The number of nitrogens with one attached hydrogen (secondary N) is 1. The zero-order valence-corrected chi connectivity index (χ0v) is 10.4. The SMILES string of the molecule is COc1cc(OC)cc(OCC(=O)NCCO)c1. The van der Waals surface area contributed by atoms with Crippen molar-refractivity contribution in [3.8, 4) is 17.2 Å². The molecule has 0 bridgehead atoms. The van der Waals surface area contributed by atoms with Gasteiger partial charge in [0.15, 0.2) is 6.61 Å². The summed E-state index contributed by atoms with van der Waals surface area (Å²) in [5.41, 5.74) is 0. The fourth-order valence-corrected chi connectivity index (χ4v) is 1.26. The Balaban J connectivity index is 2.58. The molecule has 1 rings (SSSR count). The second-order valence-electron chi connectivity index (χ2n) is 3.41. The number of amides is 1. The van der Waals surface area contributed by atoms with Gasteiger partial charge in [0.2, 0.25) is 0 Å². The number of hydrogen-bond acceptors (Lipinski definition) is 5. The molecular formula is C12H17NO5. The molecule has 1 aromatic carbocycles. The predicted molar refractivity (Wildman–Crippen MR) is 65.1 cm³/mol. The molecule has 0 aliphatic carbocycles. The molecule has 1 aromatic rings. The Hall–Kier alpha value is -1.95. The van der Waals surface area contributed by atoms with Gasteiger partial charge in [-0.3, -0.25) is 4.79 Å². The van der Waals surface area contributed by atoms with E-state index in [-0.39, 0.29) is 25.7 Å². The minimum absolute atomic E-state index is 0.0985. The Morgan fingerprint density at radius 2 is 1.72 bits per heavy atom. The molecule has 0 saturated carbocycles. The lowest BCUT2D eigenvalue weighted by Gasteiger charge is -2.10. The summed E-state index contributed by atoms with van der Waals surface area (Å²) in [6.07, 6.45) is 0. The maximum atomic E-state index is 11.3. The van der Waals surface area contributed by atoms with Gasteiger partial charge < -0.3 is 24.6 Å². The van der Waals surface area contributed by atoms with Gasteiger partial charge in [-0.2, -0.15) is 0 Å². The van der Waals surface area contributed by atoms with Gasteiger partial charge in [-0.05, 0) is 0 Å². The fraction of sp³-hybridized carbons (Fsp3) is 0.417. The molecule has 0 atom stereocenters. The van der Waals surface area contributed by atoms with Gasteiger partial charge in [-0.1, -0.05) is 0 Å². The van der Waals surface area contributed by atoms with Crippen LogP contribution in [0.15, 0.2) is 18.2 Å². The normalized spacial score (nSPS) is 9.72. The van der Waals surface area contributed by atoms with E-state index in [0.29, 0.717) is 17.2 Å². The molecule has 6 nitrogen and oxygen atoms in total. The van der Waals surface area contributed by atoms with E-state index >= 15 is 0 Å². The van der Waals surface area contributed by atoms with Gasteiger partial charge in [0.1, 0.15) is 17.2 Å². The van der Waals surface area contributed by atoms with Crippen molar-refractivity contribution in [1.82, 2.24) is 5.32 Å². The zero-order valence-electron chi connectivity index (χ0n) is 10.4. The smallest absolute Gasteiger partial charge is 0.258 e. The molecule has 0 aromatic heterocycles. The van der Waals surface area contributed by atoms with Crippen LogP contribution in [0.1, 0.15) is 0 Å². The first-order valence-corrected chi connectivity index (χ1v) is 5.43. The summed E-state index contributed by atoms with van der Waals surface area (Å²) < 4.78 is 15.4. The lowest BCUT2D eigenvalue weighted by molar-refractivity contribution is -0.123. The molecule has 0 radical (unpaired) electrons. The summed E-state index contributed by atoms with van der Waals surface area (Å²) in [6.45, 7) is -0.0152. The molecule has 6 heteroatoms. The Kier molecular flexibility index (Phi) is 5.79. The van der Waals surface area contributed by atoms with Gasteiger partial charge >= 0.3 is 0 Å². The van der Waals surface area contributed by atoms with Crippen molar-refractivity contribution < 1.29 is 24.1 Å². The van der Waals surface area contributed by atoms with E-state index in [9.17, 15) is 4.79 Å². The van der Waals surface area contributed by atoms with E-state index in [2.05, 4.69) is 5.32 Å². The van der Waals surface area contributed by atoms with E-state index in [1.165, 1.54) is 14.2 Å². The van der Waals surface area contributed by atoms with Crippen molar-refractivity contribution in [2.45, 2.75) is 0 Å². The summed E-state index contributed by atoms with van der Waals surface area (Å²) in [5.74, 6) is 1.34. The van der Waals surface area contributed by atoms with Gasteiger partial charge in [0, 0.05) is 24.7 Å². The molecular weight excluding hydrogens is 238 g/mol. The average molecular weight is 255 g/mol. The van der Waals surface area contributed by atoms with Crippen LogP contribution in [0, 0.1) is 0 Å². The highest BCUT2D eigenvalue weighted by Crippen LogP contribution is 2.27. The van der Waals surface area contributed by atoms with Crippen molar-refractivity contribution >= 4 is 5.91 Å². The van der Waals surface area contributed by atoms with Gasteiger partial charge in [-0.25, -0.2) is 0 Å². The number of hydrogen-bond donors (Lipinski definition) is 2. The Bertz CT molecular complexity index is 372. The molecule has 0 aliphatic rings. The maximum absolute atomic E-state index is 11.3. The first-order chi connectivity index (χ1) is 8.69. The second-order valence-corrected chi connectivity index (χ2v) is 3.41. The minimum Gasteiger partial charge on any atom is -0.496 e. The van der Waals surface area contributed by atoms with Crippen molar-refractivity contribution in [3.63, 3.8) is 0 Å². The molecule has 0 fully saturated rings. The molecule has 0 aliphatic heterocycles. The van der Waals surface area contributed by atoms with Crippen LogP contribution in [-0.4, -0.2) is 45.0 Å². The molecule has 2 N–H and O–H groups in total. The van der Waals surface area contributed by atoms with E-state index in [0.717, 1.165) is 0 Å². The third kappa shape index (κ3) is 4.50. The Labute approximate surface area is 105 Å².